The van der Waals surface area contributed by atoms with Gasteiger partial charge in [-0.3, -0.25) is 9.59 Å². The summed E-state index contributed by atoms with van der Waals surface area (Å²) in [5, 5.41) is 18.5. The van der Waals surface area contributed by atoms with Crippen molar-refractivity contribution < 1.29 is 9.53 Å². The maximum atomic E-state index is 12.9. The van der Waals surface area contributed by atoms with E-state index in [1.165, 1.54) is 17.9 Å². The first-order valence-corrected chi connectivity index (χ1v) is 9.39. The number of ether oxygens (including phenoxy) is 1. The molecule has 0 bridgehead atoms. The standard InChI is InChI=1S/C21H19N7O3/c1-13-11-18(29)20(24-27(13)16-7-5-4-6-8-16)21(30)22-15-9-10-19(31-3)17(12-15)28-14(2)23-25-26-28/h4-12H,1-3H3,(H,22,30). The number of anilines is 1. The highest BCUT2D eigenvalue weighted by atomic mass is 16.5. The Morgan fingerprint density at radius 2 is 1.81 bits per heavy atom. The number of amides is 1. The van der Waals surface area contributed by atoms with Gasteiger partial charge in [-0.1, -0.05) is 18.2 Å². The molecular formula is C21H19N7O3. The minimum Gasteiger partial charge on any atom is -0.494 e. The average molecular weight is 417 g/mol. The van der Waals surface area contributed by atoms with Crippen LogP contribution < -0.4 is 15.5 Å². The Bertz CT molecular complexity index is 1310. The maximum Gasteiger partial charge on any atom is 0.280 e. The van der Waals surface area contributed by atoms with Crippen molar-refractivity contribution in [3.05, 3.63) is 82.0 Å². The van der Waals surface area contributed by atoms with Gasteiger partial charge in [-0.15, -0.1) is 5.10 Å². The smallest absolute Gasteiger partial charge is 0.280 e. The number of aromatic nitrogens is 6. The SMILES string of the molecule is COc1ccc(NC(=O)c2nn(-c3ccccc3)c(C)cc2=O)cc1-n1nnnc1C. The molecule has 2 heterocycles. The zero-order valence-electron chi connectivity index (χ0n) is 17.1. The van der Waals surface area contributed by atoms with Crippen molar-refractivity contribution in [2.24, 2.45) is 0 Å². The molecule has 4 rings (SSSR count). The van der Waals surface area contributed by atoms with Gasteiger partial charge >= 0.3 is 0 Å². The van der Waals surface area contributed by atoms with E-state index >= 15 is 0 Å². The highest BCUT2D eigenvalue weighted by molar-refractivity contribution is 6.02. The summed E-state index contributed by atoms with van der Waals surface area (Å²) in [4.78, 5) is 25.4. The largest absolute Gasteiger partial charge is 0.494 e. The summed E-state index contributed by atoms with van der Waals surface area (Å²) >= 11 is 0. The van der Waals surface area contributed by atoms with E-state index in [1.54, 1.807) is 36.7 Å². The molecule has 10 heteroatoms. The lowest BCUT2D eigenvalue weighted by Crippen LogP contribution is -2.27. The van der Waals surface area contributed by atoms with Gasteiger partial charge in [-0.2, -0.15) is 9.78 Å². The van der Waals surface area contributed by atoms with Gasteiger partial charge in [0, 0.05) is 17.4 Å². The van der Waals surface area contributed by atoms with Crippen LogP contribution in [0.1, 0.15) is 22.0 Å². The molecule has 31 heavy (non-hydrogen) atoms. The van der Waals surface area contributed by atoms with Gasteiger partial charge in [0.25, 0.3) is 5.91 Å². The number of nitrogens with one attached hydrogen (secondary N) is 1. The summed E-state index contributed by atoms with van der Waals surface area (Å²) in [5.74, 6) is 0.445. The first-order chi connectivity index (χ1) is 15.0. The first kappa shape index (κ1) is 20.0. The van der Waals surface area contributed by atoms with Gasteiger partial charge in [0.05, 0.1) is 12.8 Å². The molecule has 0 atom stereocenters. The Kier molecular flexibility index (Phi) is 5.27. The van der Waals surface area contributed by atoms with Crippen LogP contribution in [0, 0.1) is 13.8 Å². The molecule has 0 saturated heterocycles. The molecular weight excluding hydrogens is 398 g/mol. The Hall–Kier alpha value is -4.34. The van der Waals surface area contributed by atoms with Gasteiger partial charge in [-0.05, 0) is 54.6 Å². The van der Waals surface area contributed by atoms with Crippen molar-refractivity contribution in [1.82, 2.24) is 30.0 Å². The highest BCUT2D eigenvalue weighted by Gasteiger charge is 2.17. The van der Waals surface area contributed by atoms with E-state index in [4.69, 9.17) is 4.74 Å². The molecule has 4 aromatic rings. The van der Waals surface area contributed by atoms with Crippen molar-refractivity contribution in [1.29, 1.82) is 0 Å². The van der Waals surface area contributed by atoms with Gasteiger partial charge in [-0.25, -0.2) is 4.68 Å². The quantitative estimate of drug-likeness (QED) is 0.528. The Balaban J connectivity index is 1.69. The van der Waals surface area contributed by atoms with Crippen molar-refractivity contribution in [3.63, 3.8) is 0 Å². The summed E-state index contributed by atoms with van der Waals surface area (Å²) in [7, 11) is 1.53. The van der Waals surface area contributed by atoms with Crippen LogP contribution in [0.3, 0.4) is 0 Å². The zero-order chi connectivity index (χ0) is 22.0. The van der Waals surface area contributed by atoms with Gasteiger partial charge in [0.1, 0.15) is 11.4 Å². The third-order valence-electron chi connectivity index (χ3n) is 4.61. The number of rotatable bonds is 5. The minimum atomic E-state index is -0.626. The molecule has 10 nitrogen and oxygen atoms in total. The van der Waals surface area contributed by atoms with E-state index in [0.29, 0.717) is 28.6 Å². The first-order valence-electron chi connectivity index (χ1n) is 9.39. The lowest BCUT2D eigenvalue weighted by Gasteiger charge is -2.13. The number of tetrazole rings is 1. The second-order valence-electron chi connectivity index (χ2n) is 6.72. The number of carbonyl (C=O) groups is 1. The lowest BCUT2D eigenvalue weighted by atomic mass is 10.2. The van der Waals surface area contributed by atoms with E-state index in [1.807, 2.05) is 30.3 Å². The van der Waals surface area contributed by atoms with Gasteiger partial charge < -0.3 is 10.1 Å². The fourth-order valence-electron chi connectivity index (χ4n) is 3.11. The van der Waals surface area contributed by atoms with Crippen LogP contribution in [0.5, 0.6) is 5.75 Å². The zero-order valence-corrected chi connectivity index (χ0v) is 17.1. The normalized spacial score (nSPS) is 10.7. The van der Waals surface area contributed by atoms with E-state index in [9.17, 15) is 9.59 Å². The number of para-hydroxylation sites is 1. The summed E-state index contributed by atoms with van der Waals surface area (Å²) in [6.45, 7) is 3.50. The number of nitrogens with zero attached hydrogens (tertiary/aromatic N) is 6. The predicted molar refractivity (Wildman–Crippen MR) is 113 cm³/mol. The second-order valence-corrected chi connectivity index (χ2v) is 6.72. The number of methoxy groups -OCH3 is 1. The molecule has 0 aliphatic heterocycles. The molecule has 0 spiro atoms. The molecule has 2 aromatic carbocycles. The van der Waals surface area contributed by atoms with E-state index < -0.39 is 11.3 Å². The van der Waals surface area contributed by atoms with Crippen molar-refractivity contribution in [2.45, 2.75) is 13.8 Å². The van der Waals surface area contributed by atoms with Crippen molar-refractivity contribution >= 4 is 11.6 Å². The van der Waals surface area contributed by atoms with Crippen LogP contribution in [-0.4, -0.2) is 43.0 Å². The molecule has 0 aliphatic carbocycles. The molecule has 0 aliphatic rings. The minimum absolute atomic E-state index is 0.217. The third-order valence-corrected chi connectivity index (χ3v) is 4.61. The Morgan fingerprint density at radius 3 is 2.48 bits per heavy atom. The number of hydrogen-bond donors (Lipinski definition) is 1. The molecule has 1 amide bonds. The summed E-state index contributed by atoms with van der Waals surface area (Å²) in [6, 6.07) is 15.7. The van der Waals surface area contributed by atoms with E-state index in [2.05, 4.69) is 25.9 Å². The van der Waals surface area contributed by atoms with Crippen LogP contribution in [-0.2, 0) is 0 Å². The fraction of sp³-hybridized carbons (Fsp3) is 0.143. The van der Waals surface area contributed by atoms with Crippen molar-refractivity contribution in [3.8, 4) is 17.1 Å². The molecule has 0 radical (unpaired) electrons. The number of hydrogen-bond acceptors (Lipinski definition) is 7. The highest BCUT2D eigenvalue weighted by Crippen LogP contribution is 2.26. The molecule has 2 aromatic heterocycles. The molecule has 0 unspecified atom stereocenters. The summed E-state index contributed by atoms with van der Waals surface area (Å²) < 4.78 is 8.41. The number of benzene rings is 2. The fourth-order valence-corrected chi connectivity index (χ4v) is 3.11. The van der Waals surface area contributed by atoms with Crippen LogP contribution in [0.15, 0.2) is 59.4 Å². The number of aryl methyl sites for hydroxylation is 2. The number of carbonyl (C=O) groups excluding carboxylic acids is 1. The van der Waals surface area contributed by atoms with Crippen LogP contribution in [0.2, 0.25) is 0 Å². The maximum absolute atomic E-state index is 12.9. The van der Waals surface area contributed by atoms with E-state index in [0.717, 1.165) is 5.69 Å². The molecule has 1 N–H and O–H groups in total. The topological polar surface area (TPSA) is 117 Å². The molecule has 156 valence electrons. The Labute approximate surface area is 177 Å². The van der Waals surface area contributed by atoms with Crippen molar-refractivity contribution in [2.75, 3.05) is 12.4 Å². The van der Waals surface area contributed by atoms with Gasteiger partial charge in [0.2, 0.25) is 5.43 Å². The summed E-state index contributed by atoms with van der Waals surface area (Å²) in [5.41, 5.74) is 1.66. The summed E-state index contributed by atoms with van der Waals surface area (Å²) in [6.07, 6.45) is 0. The monoisotopic (exact) mass is 417 g/mol. The van der Waals surface area contributed by atoms with Gasteiger partial charge in [0.15, 0.2) is 11.5 Å². The average Bonchev–Trinajstić information content (AvgIpc) is 3.20. The Morgan fingerprint density at radius 1 is 1.03 bits per heavy atom. The van der Waals surface area contributed by atoms with E-state index in [-0.39, 0.29) is 5.69 Å². The lowest BCUT2D eigenvalue weighted by molar-refractivity contribution is 0.101. The third kappa shape index (κ3) is 3.90. The van der Waals surface area contributed by atoms with Crippen LogP contribution >= 0.6 is 0 Å². The van der Waals surface area contributed by atoms with Crippen LogP contribution in [0.4, 0.5) is 5.69 Å². The van der Waals surface area contributed by atoms with Crippen LogP contribution in [0.25, 0.3) is 11.4 Å². The molecule has 0 saturated carbocycles. The molecule has 0 fully saturated rings. The predicted octanol–water partition coefficient (Wildman–Crippen LogP) is 2.09. The second kappa shape index (κ2) is 8.19.